The van der Waals surface area contributed by atoms with Crippen molar-refractivity contribution in [2.75, 3.05) is 13.1 Å². The van der Waals surface area contributed by atoms with E-state index in [1.54, 1.807) is 6.92 Å². The largest absolute Gasteiger partial charge is 0.480 e. The van der Waals surface area contributed by atoms with Gasteiger partial charge in [0.1, 0.15) is 18.9 Å². The van der Waals surface area contributed by atoms with Crippen molar-refractivity contribution in [1.82, 2.24) is 4.90 Å². The first-order valence-electron chi connectivity index (χ1n) is 5.30. The molecule has 0 atom stereocenters. The van der Waals surface area contributed by atoms with E-state index in [1.807, 2.05) is 0 Å². The van der Waals surface area contributed by atoms with Crippen LogP contribution in [-0.4, -0.2) is 46.0 Å². The third kappa shape index (κ3) is 4.06. The third-order valence-corrected chi connectivity index (χ3v) is 2.29. The van der Waals surface area contributed by atoms with Gasteiger partial charge in [0, 0.05) is 0 Å². The molecule has 0 saturated heterocycles. The SMILES string of the molecule is Cc1ccc(C(=O)N(CC(=O)O)CC(=O)O)c(F)c1. The number of hydrogen-bond donors (Lipinski definition) is 2. The summed E-state index contributed by atoms with van der Waals surface area (Å²) >= 11 is 0. The van der Waals surface area contributed by atoms with Gasteiger partial charge >= 0.3 is 11.9 Å². The van der Waals surface area contributed by atoms with Gasteiger partial charge < -0.3 is 15.1 Å². The summed E-state index contributed by atoms with van der Waals surface area (Å²) in [6, 6.07) is 3.80. The lowest BCUT2D eigenvalue weighted by Crippen LogP contribution is -2.39. The van der Waals surface area contributed by atoms with Crippen LogP contribution in [0, 0.1) is 12.7 Å². The number of amides is 1. The number of rotatable bonds is 5. The Morgan fingerprint density at radius 1 is 1.16 bits per heavy atom. The van der Waals surface area contributed by atoms with Gasteiger partial charge in [-0.05, 0) is 24.6 Å². The lowest BCUT2D eigenvalue weighted by atomic mass is 10.1. The monoisotopic (exact) mass is 269 g/mol. The zero-order valence-electron chi connectivity index (χ0n) is 10.1. The van der Waals surface area contributed by atoms with Crippen LogP contribution in [0.1, 0.15) is 15.9 Å². The molecule has 0 aliphatic carbocycles. The summed E-state index contributed by atoms with van der Waals surface area (Å²) < 4.78 is 13.6. The molecule has 0 saturated carbocycles. The van der Waals surface area contributed by atoms with E-state index in [0.29, 0.717) is 10.5 Å². The highest BCUT2D eigenvalue weighted by Crippen LogP contribution is 2.12. The average molecular weight is 269 g/mol. The summed E-state index contributed by atoms with van der Waals surface area (Å²) in [7, 11) is 0. The Balaban J connectivity index is 3.04. The van der Waals surface area contributed by atoms with Gasteiger partial charge in [0.15, 0.2) is 0 Å². The van der Waals surface area contributed by atoms with E-state index < -0.39 is 36.8 Å². The summed E-state index contributed by atoms with van der Waals surface area (Å²) in [4.78, 5) is 33.6. The van der Waals surface area contributed by atoms with Crippen LogP contribution in [0.15, 0.2) is 18.2 Å². The van der Waals surface area contributed by atoms with Gasteiger partial charge in [-0.15, -0.1) is 0 Å². The van der Waals surface area contributed by atoms with Crippen molar-refractivity contribution in [2.45, 2.75) is 6.92 Å². The van der Waals surface area contributed by atoms with E-state index in [2.05, 4.69) is 0 Å². The number of benzene rings is 1. The Kier molecular flexibility index (Phi) is 4.57. The Morgan fingerprint density at radius 3 is 2.11 bits per heavy atom. The molecule has 1 amide bonds. The Morgan fingerprint density at radius 2 is 1.68 bits per heavy atom. The molecule has 6 nitrogen and oxygen atoms in total. The summed E-state index contributed by atoms with van der Waals surface area (Å²) in [6.07, 6.45) is 0. The highest BCUT2D eigenvalue weighted by Gasteiger charge is 2.23. The maximum atomic E-state index is 13.6. The third-order valence-electron chi connectivity index (χ3n) is 2.29. The van der Waals surface area contributed by atoms with Crippen LogP contribution >= 0.6 is 0 Å². The van der Waals surface area contributed by atoms with Crippen molar-refractivity contribution in [3.63, 3.8) is 0 Å². The zero-order chi connectivity index (χ0) is 14.6. The molecule has 0 heterocycles. The molecule has 0 fully saturated rings. The topological polar surface area (TPSA) is 94.9 Å². The van der Waals surface area contributed by atoms with E-state index >= 15 is 0 Å². The number of hydrogen-bond acceptors (Lipinski definition) is 3. The molecule has 7 heteroatoms. The number of carboxylic acid groups (broad SMARTS) is 2. The minimum absolute atomic E-state index is 0.354. The van der Waals surface area contributed by atoms with E-state index in [9.17, 15) is 18.8 Å². The molecule has 0 aliphatic heterocycles. The summed E-state index contributed by atoms with van der Waals surface area (Å²) in [5.74, 6) is -4.53. The molecule has 1 rings (SSSR count). The Hall–Kier alpha value is -2.44. The molecule has 1 aromatic rings. The van der Waals surface area contributed by atoms with Crippen molar-refractivity contribution in [1.29, 1.82) is 0 Å². The lowest BCUT2D eigenvalue weighted by Gasteiger charge is -2.18. The van der Waals surface area contributed by atoms with Crippen LogP contribution in [0.3, 0.4) is 0 Å². The first-order chi connectivity index (χ1) is 8.81. The van der Waals surface area contributed by atoms with E-state index in [0.717, 1.165) is 6.07 Å². The molecule has 1 aromatic carbocycles. The minimum atomic E-state index is -1.37. The second kappa shape index (κ2) is 5.94. The molecule has 102 valence electrons. The fourth-order valence-corrected chi connectivity index (χ4v) is 1.49. The molecule has 0 aliphatic rings. The van der Waals surface area contributed by atoms with Gasteiger partial charge in [0.2, 0.25) is 0 Å². The Labute approximate surface area is 108 Å². The molecule has 2 N–H and O–H groups in total. The van der Waals surface area contributed by atoms with Gasteiger partial charge in [-0.1, -0.05) is 6.07 Å². The van der Waals surface area contributed by atoms with Crippen molar-refractivity contribution < 1.29 is 29.0 Å². The average Bonchev–Trinajstić information content (AvgIpc) is 2.26. The second-order valence-electron chi connectivity index (χ2n) is 3.93. The lowest BCUT2D eigenvalue weighted by molar-refractivity contribution is -0.140. The van der Waals surface area contributed by atoms with Gasteiger partial charge in [0.25, 0.3) is 5.91 Å². The van der Waals surface area contributed by atoms with Gasteiger partial charge in [-0.2, -0.15) is 0 Å². The van der Waals surface area contributed by atoms with Crippen molar-refractivity contribution in [3.05, 3.63) is 35.1 Å². The van der Waals surface area contributed by atoms with E-state index in [1.165, 1.54) is 12.1 Å². The predicted molar refractivity (Wildman–Crippen MR) is 62.3 cm³/mol. The number of carboxylic acids is 2. The Bertz CT molecular complexity index is 513. The highest BCUT2D eigenvalue weighted by atomic mass is 19.1. The van der Waals surface area contributed by atoms with Crippen molar-refractivity contribution in [2.24, 2.45) is 0 Å². The smallest absolute Gasteiger partial charge is 0.323 e. The highest BCUT2D eigenvalue weighted by molar-refractivity contribution is 5.97. The van der Waals surface area contributed by atoms with E-state index in [4.69, 9.17) is 10.2 Å². The van der Waals surface area contributed by atoms with Crippen LogP contribution in [0.5, 0.6) is 0 Å². The fourth-order valence-electron chi connectivity index (χ4n) is 1.49. The van der Waals surface area contributed by atoms with Gasteiger partial charge in [-0.25, -0.2) is 4.39 Å². The number of aryl methyl sites for hydroxylation is 1. The summed E-state index contributed by atoms with van der Waals surface area (Å²) in [5, 5.41) is 17.3. The molecule has 0 radical (unpaired) electrons. The maximum absolute atomic E-state index is 13.6. The number of nitrogens with zero attached hydrogens (tertiary/aromatic N) is 1. The molecular formula is C12H12FNO5. The van der Waals surface area contributed by atoms with Crippen LogP contribution in [0.4, 0.5) is 4.39 Å². The predicted octanol–water partition coefficient (Wildman–Crippen LogP) is 0.746. The van der Waals surface area contributed by atoms with Crippen LogP contribution in [-0.2, 0) is 9.59 Å². The maximum Gasteiger partial charge on any atom is 0.323 e. The zero-order valence-corrected chi connectivity index (χ0v) is 10.1. The number of aliphatic carboxylic acids is 2. The number of halogens is 1. The molecule has 0 spiro atoms. The standard InChI is InChI=1S/C12H12FNO5/c1-7-2-3-8(9(13)4-7)12(19)14(5-10(15)16)6-11(17)18/h2-4H,5-6H2,1H3,(H,15,16)(H,17,18). The van der Waals surface area contributed by atoms with Crippen LogP contribution < -0.4 is 0 Å². The first-order valence-corrected chi connectivity index (χ1v) is 5.30. The van der Waals surface area contributed by atoms with Crippen LogP contribution in [0.2, 0.25) is 0 Å². The number of carbonyl (C=O) groups is 3. The second-order valence-corrected chi connectivity index (χ2v) is 3.93. The molecule has 0 unspecified atom stereocenters. The molecular weight excluding hydrogens is 257 g/mol. The summed E-state index contributed by atoms with van der Waals surface area (Å²) in [6.45, 7) is 0.0144. The minimum Gasteiger partial charge on any atom is -0.480 e. The molecule has 19 heavy (non-hydrogen) atoms. The quantitative estimate of drug-likeness (QED) is 0.822. The number of carbonyl (C=O) groups excluding carboxylic acids is 1. The van der Waals surface area contributed by atoms with Crippen LogP contribution in [0.25, 0.3) is 0 Å². The van der Waals surface area contributed by atoms with Gasteiger partial charge in [0.05, 0.1) is 5.56 Å². The fraction of sp³-hybridized carbons (Fsp3) is 0.250. The van der Waals surface area contributed by atoms with Gasteiger partial charge in [-0.3, -0.25) is 14.4 Å². The van der Waals surface area contributed by atoms with Crippen molar-refractivity contribution >= 4 is 17.8 Å². The van der Waals surface area contributed by atoms with E-state index in [-0.39, 0.29) is 5.56 Å². The summed E-state index contributed by atoms with van der Waals surface area (Å²) in [5.41, 5.74) is 0.241. The van der Waals surface area contributed by atoms with Crippen molar-refractivity contribution in [3.8, 4) is 0 Å². The molecule has 0 aromatic heterocycles. The molecule has 0 bridgehead atoms. The normalized spacial score (nSPS) is 10.0. The first kappa shape index (κ1) is 14.6.